The van der Waals surface area contributed by atoms with E-state index in [0.717, 1.165) is 31.5 Å². The first-order valence-corrected chi connectivity index (χ1v) is 13.3. The fourth-order valence-corrected chi connectivity index (χ4v) is 6.15. The third-order valence-electron chi connectivity index (χ3n) is 5.63. The molecular weight excluding hydrogens is 460 g/mol. The number of aryl methyl sites for hydroxylation is 2. The molecule has 4 rings (SSSR count). The van der Waals surface area contributed by atoms with Crippen molar-refractivity contribution >= 4 is 43.2 Å². The number of carbonyl (C=O) groups excluding carboxylic acids is 1. The maximum Gasteiger partial charge on any atom is 0.266 e. The van der Waals surface area contributed by atoms with Crippen molar-refractivity contribution in [3.8, 4) is 0 Å². The van der Waals surface area contributed by atoms with E-state index in [9.17, 15) is 18.0 Å². The Kier molecular flexibility index (Phi) is 6.78. The van der Waals surface area contributed by atoms with Crippen LogP contribution in [0, 0.1) is 6.92 Å². The van der Waals surface area contributed by atoms with Gasteiger partial charge in [-0.15, -0.1) is 17.9 Å². The molecule has 0 atom stereocenters. The van der Waals surface area contributed by atoms with Crippen molar-refractivity contribution in [1.82, 2.24) is 14.3 Å². The van der Waals surface area contributed by atoms with Crippen molar-refractivity contribution in [1.29, 1.82) is 0 Å². The molecule has 0 unspecified atom stereocenters. The molecule has 174 valence electrons. The maximum absolute atomic E-state index is 13.1. The lowest BCUT2D eigenvalue weighted by atomic mass is 10.2. The molecule has 1 aliphatic heterocycles. The Bertz CT molecular complexity index is 1370. The van der Waals surface area contributed by atoms with Gasteiger partial charge in [-0.2, -0.15) is 0 Å². The second-order valence-electron chi connectivity index (χ2n) is 8.08. The summed E-state index contributed by atoms with van der Waals surface area (Å²) in [5, 5.41) is 3.36. The maximum atomic E-state index is 13.1. The number of nitrogens with zero attached hydrogens (tertiary/aromatic N) is 2. The van der Waals surface area contributed by atoms with Gasteiger partial charge in [0.1, 0.15) is 10.7 Å². The summed E-state index contributed by atoms with van der Waals surface area (Å²) in [5.41, 5.74) is 1.71. The minimum Gasteiger partial charge on any atom is -0.321 e. The van der Waals surface area contributed by atoms with Gasteiger partial charge in [0.2, 0.25) is 10.0 Å². The molecule has 0 saturated heterocycles. The predicted octanol–water partition coefficient (Wildman–Crippen LogP) is 3.35. The summed E-state index contributed by atoms with van der Waals surface area (Å²) in [4.78, 5) is 31.8. The monoisotopic (exact) mass is 486 g/mol. The summed E-state index contributed by atoms with van der Waals surface area (Å²) < 4.78 is 28.2. The Labute approximate surface area is 196 Å². The van der Waals surface area contributed by atoms with Gasteiger partial charge < -0.3 is 5.32 Å². The third kappa shape index (κ3) is 5.07. The van der Waals surface area contributed by atoms with Crippen LogP contribution in [0.25, 0.3) is 10.2 Å². The molecule has 10 heteroatoms. The van der Waals surface area contributed by atoms with Gasteiger partial charge in [0.05, 0.1) is 16.0 Å². The SMILES string of the molecule is C=CCNS(=O)(=O)Cc1ccc(NC(=O)c2sc3nc4n(c(=O)c3c2C)CCCCC4)cc1. The van der Waals surface area contributed by atoms with Crippen molar-refractivity contribution in [2.24, 2.45) is 0 Å². The van der Waals surface area contributed by atoms with Gasteiger partial charge in [-0.1, -0.05) is 24.6 Å². The third-order valence-corrected chi connectivity index (χ3v) is 8.14. The standard InChI is InChI=1S/C23H26N4O4S2/c1-3-12-24-33(30,31)14-16-8-10-17(11-9-16)25-21(28)20-15(2)19-22(32-20)26-18-7-5-4-6-13-27(18)23(19)29/h3,8-11,24H,1,4-7,12-14H2,2H3,(H,25,28). The molecule has 1 amide bonds. The molecule has 33 heavy (non-hydrogen) atoms. The van der Waals surface area contributed by atoms with E-state index in [2.05, 4.69) is 16.6 Å². The molecule has 3 heterocycles. The van der Waals surface area contributed by atoms with E-state index in [-0.39, 0.29) is 23.8 Å². The average molecular weight is 487 g/mol. The number of amides is 1. The number of benzene rings is 1. The number of hydrogen-bond acceptors (Lipinski definition) is 6. The van der Waals surface area contributed by atoms with Crippen LogP contribution < -0.4 is 15.6 Å². The quantitative estimate of drug-likeness (QED) is 0.498. The van der Waals surface area contributed by atoms with Crippen LogP contribution in [-0.4, -0.2) is 30.4 Å². The second kappa shape index (κ2) is 9.58. The molecule has 1 aliphatic rings. The first-order valence-electron chi connectivity index (χ1n) is 10.8. The number of hydrogen-bond donors (Lipinski definition) is 2. The van der Waals surface area contributed by atoms with E-state index >= 15 is 0 Å². The number of carbonyl (C=O) groups is 1. The number of sulfonamides is 1. The Hall–Kier alpha value is -2.82. The average Bonchev–Trinajstić information content (AvgIpc) is 2.94. The summed E-state index contributed by atoms with van der Waals surface area (Å²) in [7, 11) is -3.46. The van der Waals surface area contributed by atoms with Crippen LogP contribution in [0.3, 0.4) is 0 Å². The summed E-state index contributed by atoms with van der Waals surface area (Å²) in [5.74, 6) is 0.319. The van der Waals surface area contributed by atoms with Gasteiger partial charge in [0, 0.05) is 25.2 Å². The molecule has 8 nitrogen and oxygen atoms in total. The summed E-state index contributed by atoms with van der Waals surface area (Å²) in [6.45, 7) is 6.12. The van der Waals surface area contributed by atoms with Gasteiger partial charge in [0.15, 0.2) is 0 Å². The van der Waals surface area contributed by atoms with E-state index in [4.69, 9.17) is 4.98 Å². The highest BCUT2D eigenvalue weighted by Gasteiger charge is 2.22. The molecule has 3 aromatic rings. The summed E-state index contributed by atoms with van der Waals surface area (Å²) >= 11 is 1.23. The van der Waals surface area contributed by atoms with Gasteiger partial charge >= 0.3 is 0 Å². The largest absolute Gasteiger partial charge is 0.321 e. The van der Waals surface area contributed by atoms with Crippen molar-refractivity contribution in [3.05, 3.63) is 69.1 Å². The van der Waals surface area contributed by atoms with E-state index in [1.54, 1.807) is 35.8 Å². The minimum absolute atomic E-state index is 0.0691. The lowest BCUT2D eigenvalue weighted by molar-refractivity contribution is 0.103. The number of nitrogens with one attached hydrogen (secondary N) is 2. The van der Waals surface area contributed by atoms with Crippen LogP contribution in [0.1, 0.15) is 45.9 Å². The van der Waals surface area contributed by atoms with Gasteiger partial charge in [-0.25, -0.2) is 18.1 Å². The zero-order valence-electron chi connectivity index (χ0n) is 18.4. The number of fused-ring (bicyclic) bond motifs is 2. The van der Waals surface area contributed by atoms with Crippen molar-refractivity contribution < 1.29 is 13.2 Å². The molecule has 0 radical (unpaired) electrons. The summed E-state index contributed by atoms with van der Waals surface area (Å²) in [6.07, 6.45) is 5.30. The highest BCUT2D eigenvalue weighted by Crippen LogP contribution is 2.29. The van der Waals surface area contributed by atoms with Crippen molar-refractivity contribution in [3.63, 3.8) is 0 Å². The van der Waals surface area contributed by atoms with Crippen molar-refractivity contribution in [2.45, 2.75) is 44.9 Å². The van der Waals surface area contributed by atoms with Gasteiger partial charge in [-0.3, -0.25) is 14.2 Å². The molecule has 0 aliphatic carbocycles. The zero-order chi connectivity index (χ0) is 23.6. The molecule has 0 spiro atoms. The molecule has 0 fully saturated rings. The fraction of sp³-hybridized carbons (Fsp3) is 0.348. The highest BCUT2D eigenvalue weighted by atomic mass is 32.2. The predicted molar refractivity (Wildman–Crippen MR) is 131 cm³/mol. The first-order chi connectivity index (χ1) is 15.8. The van der Waals surface area contributed by atoms with Crippen LogP contribution >= 0.6 is 11.3 Å². The molecule has 2 aromatic heterocycles. The minimum atomic E-state index is -3.46. The Morgan fingerprint density at radius 2 is 2.00 bits per heavy atom. The van der Waals surface area contributed by atoms with Gasteiger partial charge in [-0.05, 0) is 43.0 Å². The van der Waals surface area contributed by atoms with Crippen LogP contribution in [0.4, 0.5) is 5.69 Å². The molecular formula is C23H26N4O4S2. The summed E-state index contributed by atoms with van der Waals surface area (Å²) in [6, 6.07) is 6.64. The van der Waals surface area contributed by atoms with E-state index in [0.29, 0.717) is 38.5 Å². The molecule has 0 bridgehead atoms. The smallest absolute Gasteiger partial charge is 0.266 e. The number of thiophene rings is 1. The van der Waals surface area contributed by atoms with Gasteiger partial charge in [0.25, 0.3) is 11.5 Å². The normalized spacial score (nSPS) is 14.0. The van der Waals surface area contributed by atoms with Crippen LogP contribution in [0.15, 0.2) is 41.7 Å². The van der Waals surface area contributed by atoms with E-state index in [1.165, 1.54) is 17.4 Å². The first kappa shape index (κ1) is 23.3. The lowest BCUT2D eigenvalue weighted by Crippen LogP contribution is -2.25. The van der Waals surface area contributed by atoms with E-state index in [1.807, 2.05) is 0 Å². The fourth-order valence-electron chi connectivity index (χ4n) is 3.95. The number of rotatable bonds is 7. The van der Waals surface area contributed by atoms with Crippen LogP contribution in [-0.2, 0) is 28.7 Å². The topological polar surface area (TPSA) is 110 Å². The lowest BCUT2D eigenvalue weighted by Gasteiger charge is -2.08. The van der Waals surface area contributed by atoms with Crippen molar-refractivity contribution in [2.75, 3.05) is 11.9 Å². The zero-order valence-corrected chi connectivity index (χ0v) is 20.0. The van der Waals surface area contributed by atoms with Crippen LogP contribution in [0.5, 0.6) is 0 Å². The molecule has 1 aromatic carbocycles. The highest BCUT2D eigenvalue weighted by molar-refractivity contribution is 7.88. The van der Waals surface area contributed by atoms with Crippen LogP contribution in [0.2, 0.25) is 0 Å². The molecule has 0 saturated carbocycles. The number of anilines is 1. The van der Waals surface area contributed by atoms with E-state index < -0.39 is 10.0 Å². The second-order valence-corrected chi connectivity index (χ2v) is 10.9. The Balaban J connectivity index is 1.54. The Morgan fingerprint density at radius 3 is 2.73 bits per heavy atom. The number of aromatic nitrogens is 2. The Morgan fingerprint density at radius 1 is 1.24 bits per heavy atom. The molecule has 2 N–H and O–H groups in total.